The van der Waals surface area contributed by atoms with Gasteiger partial charge in [0, 0.05) is 19.2 Å². The molecule has 0 aliphatic carbocycles. The van der Waals surface area contributed by atoms with Crippen LogP contribution in [0, 0.1) is 0 Å². The molecular formula is C22H32N2O4S. The predicted octanol–water partition coefficient (Wildman–Crippen LogP) is 3.80. The Morgan fingerprint density at radius 2 is 1.76 bits per heavy atom. The number of benzene rings is 2. The SMILES string of the molecule is CCCCN(CC)Cc1cccc(CNS(=O)(=O)c2cc(OC)ccc2OC)c1. The second-order valence-corrected chi connectivity index (χ2v) is 8.62. The molecule has 0 heterocycles. The van der Waals surface area contributed by atoms with Crippen molar-refractivity contribution in [2.24, 2.45) is 0 Å². The maximum absolute atomic E-state index is 12.8. The number of sulfonamides is 1. The normalized spacial score (nSPS) is 11.6. The fourth-order valence-corrected chi connectivity index (χ4v) is 4.28. The lowest BCUT2D eigenvalue weighted by Gasteiger charge is -2.20. The van der Waals surface area contributed by atoms with Gasteiger partial charge in [-0.15, -0.1) is 0 Å². The number of hydrogen-bond acceptors (Lipinski definition) is 5. The van der Waals surface area contributed by atoms with Crippen molar-refractivity contribution in [3.63, 3.8) is 0 Å². The summed E-state index contributed by atoms with van der Waals surface area (Å²) in [6, 6.07) is 12.8. The Balaban J connectivity index is 2.11. The fraction of sp³-hybridized carbons (Fsp3) is 0.455. The van der Waals surface area contributed by atoms with E-state index >= 15 is 0 Å². The van der Waals surface area contributed by atoms with Crippen LogP contribution in [-0.2, 0) is 23.1 Å². The molecule has 0 aliphatic heterocycles. The first-order valence-electron chi connectivity index (χ1n) is 9.95. The Kier molecular flexibility index (Phi) is 8.95. The van der Waals surface area contributed by atoms with Crippen LogP contribution in [0.1, 0.15) is 37.8 Å². The van der Waals surface area contributed by atoms with Crippen LogP contribution >= 0.6 is 0 Å². The molecule has 2 aromatic rings. The molecule has 0 aromatic heterocycles. The van der Waals surface area contributed by atoms with E-state index in [4.69, 9.17) is 9.47 Å². The molecule has 6 nitrogen and oxygen atoms in total. The number of unbranched alkanes of at least 4 members (excludes halogenated alkanes) is 1. The molecule has 0 atom stereocenters. The Hall–Kier alpha value is -2.09. The lowest BCUT2D eigenvalue weighted by atomic mass is 10.1. The first-order chi connectivity index (χ1) is 13.9. The van der Waals surface area contributed by atoms with E-state index in [0.29, 0.717) is 5.75 Å². The largest absolute Gasteiger partial charge is 0.497 e. The monoisotopic (exact) mass is 420 g/mol. The molecule has 0 radical (unpaired) electrons. The first-order valence-corrected chi connectivity index (χ1v) is 11.4. The van der Waals surface area contributed by atoms with Crippen molar-refractivity contribution in [2.45, 2.75) is 44.7 Å². The molecule has 0 unspecified atom stereocenters. The third-order valence-electron chi connectivity index (χ3n) is 4.80. The number of nitrogens with one attached hydrogen (secondary N) is 1. The van der Waals surface area contributed by atoms with E-state index in [0.717, 1.165) is 25.2 Å². The van der Waals surface area contributed by atoms with Crippen molar-refractivity contribution >= 4 is 10.0 Å². The van der Waals surface area contributed by atoms with Gasteiger partial charge in [-0.1, -0.05) is 44.5 Å². The minimum atomic E-state index is -3.75. The van der Waals surface area contributed by atoms with Crippen LogP contribution in [0.5, 0.6) is 11.5 Å². The minimum absolute atomic E-state index is 0.0622. The topological polar surface area (TPSA) is 67.9 Å². The zero-order valence-electron chi connectivity index (χ0n) is 17.8. The van der Waals surface area contributed by atoms with Gasteiger partial charge in [0.05, 0.1) is 14.2 Å². The summed E-state index contributed by atoms with van der Waals surface area (Å²) in [4.78, 5) is 2.46. The van der Waals surface area contributed by atoms with Crippen LogP contribution in [0.25, 0.3) is 0 Å². The molecule has 2 rings (SSSR count). The van der Waals surface area contributed by atoms with Gasteiger partial charge < -0.3 is 9.47 Å². The highest BCUT2D eigenvalue weighted by Gasteiger charge is 2.20. The lowest BCUT2D eigenvalue weighted by Crippen LogP contribution is -2.25. The molecular weight excluding hydrogens is 388 g/mol. The molecule has 2 aromatic carbocycles. The second kappa shape index (κ2) is 11.2. The zero-order valence-corrected chi connectivity index (χ0v) is 18.6. The van der Waals surface area contributed by atoms with Gasteiger partial charge >= 0.3 is 0 Å². The van der Waals surface area contributed by atoms with Crippen molar-refractivity contribution < 1.29 is 17.9 Å². The van der Waals surface area contributed by atoms with E-state index in [2.05, 4.69) is 35.6 Å². The molecule has 0 saturated carbocycles. The highest BCUT2D eigenvalue weighted by molar-refractivity contribution is 7.89. The molecule has 0 fully saturated rings. The molecule has 29 heavy (non-hydrogen) atoms. The number of ether oxygens (including phenoxy) is 2. The van der Waals surface area contributed by atoms with Gasteiger partial charge in [0.25, 0.3) is 0 Å². The molecule has 0 aliphatic rings. The van der Waals surface area contributed by atoms with E-state index in [-0.39, 0.29) is 17.2 Å². The summed E-state index contributed by atoms with van der Waals surface area (Å²) < 4.78 is 38.7. The van der Waals surface area contributed by atoms with Gasteiger partial charge in [0.2, 0.25) is 10.0 Å². The molecule has 0 bridgehead atoms. The maximum Gasteiger partial charge on any atom is 0.244 e. The molecule has 0 saturated heterocycles. The average Bonchev–Trinajstić information content (AvgIpc) is 2.75. The minimum Gasteiger partial charge on any atom is -0.497 e. The summed E-state index contributed by atoms with van der Waals surface area (Å²) in [6.07, 6.45) is 2.35. The number of nitrogens with zero attached hydrogens (tertiary/aromatic N) is 1. The smallest absolute Gasteiger partial charge is 0.244 e. The third-order valence-corrected chi connectivity index (χ3v) is 6.22. The van der Waals surface area contributed by atoms with Crippen LogP contribution in [0.15, 0.2) is 47.4 Å². The summed E-state index contributed by atoms with van der Waals surface area (Å²) in [6.45, 7) is 7.48. The van der Waals surface area contributed by atoms with Gasteiger partial charge in [-0.2, -0.15) is 0 Å². The van der Waals surface area contributed by atoms with Gasteiger partial charge in [-0.05, 0) is 42.8 Å². The van der Waals surface area contributed by atoms with E-state index in [1.54, 1.807) is 12.1 Å². The van der Waals surface area contributed by atoms with E-state index in [1.165, 1.54) is 38.7 Å². The van der Waals surface area contributed by atoms with Crippen molar-refractivity contribution in [1.29, 1.82) is 0 Å². The van der Waals surface area contributed by atoms with Crippen molar-refractivity contribution in [1.82, 2.24) is 9.62 Å². The fourth-order valence-electron chi connectivity index (χ4n) is 3.08. The second-order valence-electron chi connectivity index (χ2n) is 6.88. The summed E-state index contributed by atoms with van der Waals surface area (Å²) in [5.41, 5.74) is 2.10. The standard InChI is InChI=1S/C22H32N2O4S/c1-5-7-13-24(6-2)17-19-10-8-9-18(14-19)16-23-29(25,26)22-15-20(27-3)11-12-21(22)28-4/h8-12,14-15,23H,5-7,13,16-17H2,1-4H3. The molecule has 0 amide bonds. The predicted molar refractivity (Wildman–Crippen MR) is 116 cm³/mol. The van der Waals surface area contributed by atoms with Gasteiger partial charge in [-0.3, -0.25) is 4.90 Å². The lowest BCUT2D eigenvalue weighted by molar-refractivity contribution is 0.275. The molecule has 1 N–H and O–H groups in total. The summed E-state index contributed by atoms with van der Waals surface area (Å²) >= 11 is 0. The third kappa shape index (κ3) is 6.73. The van der Waals surface area contributed by atoms with Crippen LogP contribution in [0.4, 0.5) is 0 Å². The first kappa shape index (κ1) is 23.2. The summed E-state index contributed by atoms with van der Waals surface area (Å²) in [5.74, 6) is 0.737. The van der Waals surface area contributed by atoms with E-state index < -0.39 is 10.0 Å². The Bertz CT molecular complexity index is 884. The summed E-state index contributed by atoms with van der Waals surface area (Å²) in [5, 5.41) is 0. The van der Waals surface area contributed by atoms with Crippen LogP contribution < -0.4 is 14.2 Å². The Morgan fingerprint density at radius 1 is 1.00 bits per heavy atom. The van der Waals surface area contributed by atoms with Crippen molar-refractivity contribution in [3.05, 3.63) is 53.6 Å². The van der Waals surface area contributed by atoms with Crippen molar-refractivity contribution in [2.75, 3.05) is 27.3 Å². The number of methoxy groups -OCH3 is 2. The van der Waals surface area contributed by atoms with E-state index in [9.17, 15) is 8.42 Å². The highest BCUT2D eigenvalue weighted by atomic mass is 32.2. The Labute approximate surface area is 174 Å². The summed E-state index contributed by atoms with van der Waals surface area (Å²) in [7, 11) is -0.808. The van der Waals surface area contributed by atoms with Crippen LogP contribution in [0.3, 0.4) is 0 Å². The highest BCUT2D eigenvalue weighted by Crippen LogP contribution is 2.28. The molecule has 7 heteroatoms. The number of rotatable bonds is 12. The average molecular weight is 421 g/mol. The van der Waals surface area contributed by atoms with Gasteiger partial charge in [0.15, 0.2) is 0 Å². The molecule has 160 valence electrons. The zero-order chi connectivity index (χ0) is 21.3. The van der Waals surface area contributed by atoms with Gasteiger partial charge in [-0.25, -0.2) is 13.1 Å². The molecule has 0 spiro atoms. The number of hydrogen-bond donors (Lipinski definition) is 1. The maximum atomic E-state index is 12.8. The Morgan fingerprint density at radius 3 is 2.41 bits per heavy atom. The van der Waals surface area contributed by atoms with Crippen LogP contribution in [-0.4, -0.2) is 40.6 Å². The van der Waals surface area contributed by atoms with Crippen molar-refractivity contribution in [3.8, 4) is 11.5 Å². The quantitative estimate of drug-likeness (QED) is 0.566. The van der Waals surface area contributed by atoms with Crippen LogP contribution in [0.2, 0.25) is 0 Å². The van der Waals surface area contributed by atoms with Gasteiger partial charge in [0.1, 0.15) is 16.4 Å². The van der Waals surface area contributed by atoms with E-state index in [1.807, 2.05) is 12.1 Å².